The van der Waals surface area contributed by atoms with Crippen LogP contribution in [0.2, 0.25) is 0 Å². The van der Waals surface area contributed by atoms with Crippen LogP contribution in [0.15, 0.2) is 47.0 Å². The zero-order valence-corrected chi connectivity index (χ0v) is 20.4. The van der Waals surface area contributed by atoms with E-state index in [1.807, 2.05) is 13.1 Å². The second-order valence-corrected chi connectivity index (χ2v) is 10.1. The molecule has 1 spiro atoms. The van der Waals surface area contributed by atoms with Crippen molar-refractivity contribution in [3.05, 3.63) is 47.0 Å². The molecule has 4 rings (SSSR count). The fourth-order valence-corrected chi connectivity index (χ4v) is 5.53. The minimum atomic E-state index is -0.173. The smallest absolute Gasteiger partial charge is 0.223 e. The van der Waals surface area contributed by atoms with E-state index in [1.165, 1.54) is 11.4 Å². The van der Waals surface area contributed by atoms with Crippen LogP contribution >= 0.6 is 0 Å². The third-order valence-electron chi connectivity index (χ3n) is 7.87. The van der Waals surface area contributed by atoms with Gasteiger partial charge in [-0.25, -0.2) is 0 Å². The highest BCUT2D eigenvalue weighted by Crippen LogP contribution is 2.56. The Bertz CT molecular complexity index is 910. The minimum Gasteiger partial charge on any atom is -0.372 e. The predicted molar refractivity (Wildman–Crippen MR) is 133 cm³/mol. The van der Waals surface area contributed by atoms with E-state index in [9.17, 15) is 4.79 Å². The normalized spacial score (nSPS) is 27.0. The second-order valence-electron chi connectivity index (χ2n) is 10.1. The van der Waals surface area contributed by atoms with E-state index in [-0.39, 0.29) is 23.4 Å². The molecule has 0 aromatic rings. The highest BCUT2D eigenvalue weighted by atomic mass is 16.1. The van der Waals surface area contributed by atoms with E-state index in [4.69, 9.17) is 11.1 Å². The average molecular weight is 453 g/mol. The molecule has 2 aliphatic heterocycles. The van der Waals surface area contributed by atoms with Crippen LogP contribution in [0.1, 0.15) is 52.4 Å². The van der Waals surface area contributed by atoms with Crippen molar-refractivity contribution < 1.29 is 4.79 Å². The third-order valence-corrected chi connectivity index (χ3v) is 7.87. The maximum Gasteiger partial charge on any atom is 0.223 e. The first-order valence-corrected chi connectivity index (χ1v) is 12.4. The van der Waals surface area contributed by atoms with Crippen LogP contribution in [0.5, 0.6) is 0 Å². The largest absolute Gasteiger partial charge is 0.372 e. The Kier molecular flexibility index (Phi) is 6.98. The van der Waals surface area contributed by atoms with Crippen LogP contribution in [-0.2, 0) is 4.79 Å². The second kappa shape index (κ2) is 9.75. The number of likely N-dealkylation sites (tertiary alicyclic amines) is 1. The van der Waals surface area contributed by atoms with E-state index in [0.29, 0.717) is 12.3 Å². The number of allylic oxidation sites excluding steroid dienone is 3. The summed E-state index contributed by atoms with van der Waals surface area (Å²) in [5.74, 6) is 1.53. The molecule has 1 saturated heterocycles. The van der Waals surface area contributed by atoms with Gasteiger partial charge in [-0.05, 0) is 75.6 Å². The number of nitrogens with two attached hydrogens (primary N) is 1. The van der Waals surface area contributed by atoms with Gasteiger partial charge < -0.3 is 31.6 Å². The summed E-state index contributed by atoms with van der Waals surface area (Å²) in [4.78, 5) is 17.9. The van der Waals surface area contributed by atoms with Gasteiger partial charge in [0.2, 0.25) is 5.91 Å². The summed E-state index contributed by atoms with van der Waals surface area (Å²) in [5, 5.41) is 14.2. The monoisotopic (exact) mass is 452 g/mol. The molecule has 0 radical (unpaired) electrons. The lowest BCUT2D eigenvalue weighted by Gasteiger charge is -2.43. The molecule has 1 unspecified atom stereocenters. The van der Waals surface area contributed by atoms with Gasteiger partial charge >= 0.3 is 0 Å². The van der Waals surface area contributed by atoms with Crippen LogP contribution in [0, 0.1) is 16.7 Å². The minimum absolute atomic E-state index is 0.102. The molecule has 0 aromatic heterocycles. The lowest BCUT2D eigenvalue weighted by molar-refractivity contribution is -0.129. The third kappa shape index (κ3) is 5.03. The number of hydrogen-bond acceptors (Lipinski definition) is 6. The molecule has 0 aromatic carbocycles. The summed E-state index contributed by atoms with van der Waals surface area (Å²) in [6, 6.07) is 0. The summed E-state index contributed by atoms with van der Waals surface area (Å²) in [6.07, 6.45) is 14.0. The van der Waals surface area contributed by atoms with Crippen LogP contribution in [0.3, 0.4) is 0 Å². The number of carbonyl (C=O) groups excluding carboxylic acids is 1. The molecule has 0 bridgehead atoms. The van der Waals surface area contributed by atoms with Crippen molar-refractivity contribution in [1.82, 2.24) is 20.4 Å². The maximum absolute atomic E-state index is 13.2. The van der Waals surface area contributed by atoms with E-state index in [0.717, 1.165) is 69.3 Å². The van der Waals surface area contributed by atoms with Gasteiger partial charge in [-0.3, -0.25) is 4.79 Å². The summed E-state index contributed by atoms with van der Waals surface area (Å²) < 4.78 is 0. The van der Waals surface area contributed by atoms with Crippen LogP contribution in [0.25, 0.3) is 0 Å². The van der Waals surface area contributed by atoms with Crippen LogP contribution in [-0.4, -0.2) is 60.8 Å². The predicted octanol–water partition coefficient (Wildman–Crippen LogP) is 2.85. The van der Waals surface area contributed by atoms with Gasteiger partial charge in [0, 0.05) is 50.4 Å². The standard InChI is InChI=1S/C26H40N6O/c1-4-31(3)25(21-10-15-29-23(21)28)32-16-11-22(26(17-32)12-13-26)24(33)30-14-9-19-5-7-20(8-6-19)18(2)27/h5,7,10,15,22-23,27,29H,4,6,8-9,11-14,16-17,28H2,1-3H3,(H,30,33)/b25-21+,27-18?/t22-,23?/m0/s1. The van der Waals surface area contributed by atoms with E-state index in [2.05, 4.69) is 52.6 Å². The lowest BCUT2D eigenvalue weighted by atomic mass is 9.81. The van der Waals surface area contributed by atoms with Crippen LogP contribution in [0.4, 0.5) is 0 Å². The Morgan fingerprint density at radius 3 is 2.73 bits per heavy atom. The number of hydrogen-bond donors (Lipinski definition) is 4. The number of rotatable bonds is 8. The summed E-state index contributed by atoms with van der Waals surface area (Å²) in [6.45, 7) is 7.43. The molecular formula is C26H40N6O. The molecule has 2 fully saturated rings. The van der Waals surface area contributed by atoms with Gasteiger partial charge in [0.15, 0.2) is 0 Å². The molecular weight excluding hydrogens is 412 g/mol. The Hall–Kier alpha value is -2.54. The molecule has 7 heteroatoms. The summed E-state index contributed by atoms with van der Waals surface area (Å²) in [5.41, 5.74) is 10.7. The van der Waals surface area contributed by atoms with Crippen molar-refractivity contribution in [2.45, 2.75) is 58.5 Å². The SMILES string of the molecule is CCN(C)/C(=C1/C=CNC1N)N1CC[C@@H](C(=O)NCCC2=CC=C(C(C)=N)CC2)C2(CC2)C1. The van der Waals surface area contributed by atoms with E-state index >= 15 is 0 Å². The number of nitrogens with one attached hydrogen (secondary N) is 3. The molecule has 1 amide bonds. The molecule has 2 atom stereocenters. The molecule has 2 heterocycles. The Morgan fingerprint density at radius 1 is 1.36 bits per heavy atom. The van der Waals surface area contributed by atoms with Gasteiger partial charge in [-0.15, -0.1) is 0 Å². The highest BCUT2D eigenvalue weighted by Gasteiger charge is 2.55. The van der Waals surface area contributed by atoms with Crippen molar-refractivity contribution in [1.29, 1.82) is 5.41 Å². The van der Waals surface area contributed by atoms with Crippen molar-refractivity contribution in [3.63, 3.8) is 0 Å². The quantitative estimate of drug-likeness (QED) is 0.425. The first kappa shape index (κ1) is 23.6. The molecule has 1 saturated carbocycles. The van der Waals surface area contributed by atoms with Crippen molar-refractivity contribution in [2.24, 2.45) is 17.1 Å². The van der Waals surface area contributed by atoms with Crippen molar-refractivity contribution in [3.8, 4) is 0 Å². The molecule has 4 aliphatic rings. The Morgan fingerprint density at radius 2 is 2.15 bits per heavy atom. The maximum atomic E-state index is 13.2. The van der Waals surface area contributed by atoms with Gasteiger partial charge in [-0.1, -0.05) is 17.7 Å². The zero-order valence-electron chi connectivity index (χ0n) is 20.4. The molecule has 2 aliphatic carbocycles. The van der Waals surface area contributed by atoms with Gasteiger partial charge in [-0.2, -0.15) is 0 Å². The molecule has 33 heavy (non-hydrogen) atoms. The number of piperidine rings is 1. The average Bonchev–Trinajstić information content (AvgIpc) is 3.44. The van der Waals surface area contributed by atoms with Gasteiger partial charge in [0.05, 0.1) is 0 Å². The Labute approximate surface area is 198 Å². The number of amides is 1. The summed E-state index contributed by atoms with van der Waals surface area (Å²) in [7, 11) is 2.13. The molecule has 180 valence electrons. The fraction of sp³-hybridized carbons (Fsp3) is 0.615. The first-order chi connectivity index (χ1) is 15.8. The van der Waals surface area contributed by atoms with E-state index in [1.54, 1.807) is 0 Å². The molecule has 5 N–H and O–H groups in total. The highest BCUT2D eigenvalue weighted by molar-refractivity contribution is 5.96. The van der Waals surface area contributed by atoms with Gasteiger partial charge in [0.1, 0.15) is 12.0 Å². The Balaban J connectivity index is 1.36. The lowest BCUT2D eigenvalue weighted by Crippen LogP contribution is -2.50. The topological polar surface area (TPSA) is 97.5 Å². The van der Waals surface area contributed by atoms with Crippen molar-refractivity contribution in [2.75, 3.05) is 33.2 Å². The number of nitrogens with zero attached hydrogens (tertiary/aromatic N) is 2. The first-order valence-electron chi connectivity index (χ1n) is 12.4. The van der Waals surface area contributed by atoms with E-state index < -0.39 is 0 Å². The summed E-state index contributed by atoms with van der Waals surface area (Å²) >= 11 is 0. The van der Waals surface area contributed by atoms with Gasteiger partial charge in [0.25, 0.3) is 0 Å². The van der Waals surface area contributed by atoms with Crippen molar-refractivity contribution >= 4 is 11.6 Å². The zero-order chi connectivity index (χ0) is 23.6. The number of carbonyl (C=O) groups is 1. The fourth-order valence-electron chi connectivity index (χ4n) is 5.53. The molecule has 7 nitrogen and oxygen atoms in total. The van der Waals surface area contributed by atoms with Crippen LogP contribution < -0.4 is 16.4 Å².